The zero-order valence-electron chi connectivity index (χ0n) is 17.1. The molecule has 11 heteroatoms. The molecule has 164 valence electrons. The Labute approximate surface area is 184 Å². The highest BCUT2D eigenvalue weighted by molar-refractivity contribution is 7.94. The fraction of sp³-hybridized carbons (Fsp3) is 0.350. The van der Waals surface area contributed by atoms with Gasteiger partial charge in [0.05, 0.1) is 18.4 Å². The van der Waals surface area contributed by atoms with E-state index in [2.05, 4.69) is 10.2 Å². The van der Waals surface area contributed by atoms with Gasteiger partial charge in [-0.3, -0.25) is 9.10 Å². The van der Waals surface area contributed by atoms with E-state index in [4.69, 9.17) is 9.15 Å². The summed E-state index contributed by atoms with van der Waals surface area (Å²) in [5.74, 6) is 0.385. The molecule has 3 heterocycles. The number of methoxy groups -OCH3 is 1. The summed E-state index contributed by atoms with van der Waals surface area (Å²) in [4.78, 5) is 14.1. The maximum atomic E-state index is 13.2. The smallest absolute Gasteiger partial charge is 0.311 e. The predicted octanol–water partition coefficient (Wildman–Crippen LogP) is 3.26. The van der Waals surface area contributed by atoms with Crippen LogP contribution in [-0.4, -0.2) is 56.2 Å². The number of carbonyl (C=O) groups is 1. The Kier molecular flexibility index (Phi) is 5.96. The highest BCUT2D eigenvalue weighted by Gasteiger charge is 2.28. The van der Waals surface area contributed by atoms with Crippen molar-refractivity contribution in [2.75, 3.05) is 31.0 Å². The van der Waals surface area contributed by atoms with Crippen LogP contribution in [0.4, 0.5) is 5.69 Å². The maximum Gasteiger partial charge on any atom is 0.311 e. The minimum atomic E-state index is -3.79. The molecule has 0 saturated carbocycles. The second-order valence-electron chi connectivity index (χ2n) is 6.93. The summed E-state index contributed by atoms with van der Waals surface area (Å²) in [7, 11) is -2.23. The van der Waals surface area contributed by atoms with Gasteiger partial charge in [0.2, 0.25) is 5.89 Å². The van der Waals surface area contributed by atoms with Crippen LogP contribution in [0, 0.1) is 0 Å². The van der Waals surface area contributed by atoms with Crippen molar-refractivity contribution in [1.29, 1.82) is 0 Å². The first-order valence-electron chi connectivity index (χ1n) is 9.82. The van der Waals surface area contributed by atoms with Gasteiger partial charge in [0.25, 0.3) is 10.0 Å². The van der Waals surface area contributed by atoms with E-state index in [1.54, 1.807) is 48.6 Å². The van der Waals surface area contributed by atoms with Crippen LogP contribution in [-0.2, 0) is 10.0 Å². The van der Waals surface area contributed by atoms with Crippen LogP contribution in [0.25, 0.3) is 11.5 Å². The number of hydrogen-bond donors (Lipinski definition) is 0. The van der Waals surface area contributed by atoms with Crippen molar-refractivity contribution in [3.05, 3.63) is 41.6 Å². The second-order valence-corrected chi connectivity index (χ2v) is 9.93. The van der Waals surface area contributed by atoms with Crippen LogP contribution in [0.3, 0.4) is 0 Å². The first kappa shape index (κ1) is 21.3. The third-order valence-corrected chi connectivity index (χ3v) is 8.33. The molecule has 9 nitrogen and oxygen atoms in total. The Morgan fingerprint density at radius 2 is 1.94 bits per heavy atom. The molecular formula is C20H22N4O5S2. The van der Waals surface area contributed by atoms with Crippen LogP contribution in [0.1, 0.15) is 30.5 Å². The molecule has 0 N–H and O–H groups in total. The molecule has 1 amide bonds. The molecule has 0 spiro atoms. The van der Waals surface area contributed by atoms with E-state index in [1.165, 1.54) is 10.4 Å². The molecule has 2 aromatic heterocycles. The van der Waals surface area contributed by atoms with E-state index < -0.39 is 10.0 Å². The van der Waals surface area contributed by atoms with E-state index in [0.29, 0.717) is 30.1 Å². The average Bonchev–Trinajstić information content (AvgIpc) is 3.55. The Hall–Kier alpha value is -2.92. The molecule has 0 bridgehead atoms. The number of thiophene rings is 1. The summed E-state index contributed by atoms with van der Waals surface area (Å²) in [5, 5.41) is 9.42. The van der Waals surface area contributed by atoms with Crippen LogP contribution < -0.4 is 9.04 Å². The molecule has 0 unspecified atom stereocenters. The standard InChI is InChI=1S/C20H22N4O5S2/c1-3-24(15-6-8-16(28-2)9-7-15)31(26,27)17-12-14(13-30-17)18-21-22-19(29-18)20(25)23-10-4-5-11-23/h6-9,12-13H,3-5,10-11H2,1-2H3. The summed E-state index contributed by atoms with van der Waals surface area (Å²) in [6, 6.07) is 8.31. The van der Waals surface area contributed by atoms with Crippen molar-refractivity contribution in [3.8, 4) is 17.2 Å². The number of aromatic nitrogens is 2. The Balaban J connectivity index is 1.57. The van der Waals surface area contributed by atoms with Crippen molar-refractivity contribution in [1.82, 2.24) is 15.1 Å². The Morgan fingerprint density at radius 3 is 2.58 bits per heavy atom. The van der Waals surface area contributed by atoms with Crippen molar-refractivity contribution >= 4 is 33.0 Å². The third kappa shape index (κ3) is 4.15. The molecule has 0 radical (unpaired) electrons. The Bertz CT molecular complexity index is 1160. The van der Waals surface area contributed by atoms with Crippen LogP contribution in [0.15, 0.2) is 44.3 Å². The normalized spacial score (nSPS) is 14.1. The van der Waals surface area contributed by atoms with Gasteiger partial charge in [-0.05, 0) is 50.1 Å². The molecule has 0 atom stereocenters. The summed E-state index contributed by atoms with van der Waals surface area (Å²) < 4.78 is 38.6. The predicted molar refractivity (Wildman–Crippen MR) is 116 cm³/mol. The number of sulfonamides is 1. The van der Waals surface area contributed by atoms with Crippen molar-refractivity contribution in [3.63, 3.8) is 0 Å². The monoisotopic (exact) mass is 462 g/mol. The van der Waals surface area contributed by atoms with Gasteiger partial charge in [0, 0.05) is 25.0 Å². The van der Waals surface area contributed by atoms with Gasteiger partial charge >= 0.3 is 11.8 Å². The lowest BCUT2D eigenvalue weighted by molar-refractivity contribution is 0.0754. The fourth-order valence-corrected chi connectivity index (χ4v) is 6.13. The molecule has 1 aromatic carbocycles. The molecule has 4 rings (SSSR count). The molecular weight excluding hydrogens is 440 g/mol. The number of benzene rings is 1. The number of likely N-dealkylation sites (tertiary alicyclic amines) is 1. The number of carbonyl (C=O) groups excluding carboxylic acids is 1. The second kappa shape index (κ2) is 8.67. The fourth-order valence-electron chi connectivity index (χ4n) is 3.39. The summed E-state index contributed by atoms with van der Waals surface area (Å²) in [5.41, 5.74) is 0.997. The van der Waals surface area contributed by atoms with Gasteiger partial charge in [-0.25, -0.2) is 8.42 Å². The van der Waals surface area contributed by atoms with Crippen LogP contribution in [0.5, 0.6) is 5.75 Å². The van der Waals surface area contributed by atoms with Crippen molar-refractivity contribution in [2.45, 2.75) is 24.0 Å². The van der Waals surface area contributed by atoms with E-state index in [0.717, 1.165) is 24.2 Å². The van der Waals surface area contributed by atoms with E-state index in [9.17, 15) is 13.2 Å². The SMILES string of the molecule is CCN(c1ccc(OC)cc1)S(=O)(=O)c1cc(-c2nnc(C(=O)N3CCCC3)o2)cs1. The van der Waals surface area contributed by atoms with E-state index in [-0.39, 0.29) is 28.4 Å². The number of ether oxygens (including phenoxy) is 1. The molecule has 1 fully saturated rings. The minimum Gasteiger partial charge on any atom is -0.497 e. The minimum absolute atomic E-state index is 0.0825. The van der Waals surface area contributed by atoms with Gasteiger partial charge in [-0.1, -0.05) is 0 Å². The van der Waals surface area contributed by atoms with Gasteiger partial charge in [0.15, 0.2) is 0 Å². The topological polar surface area (TPSA) is 106 Å². The number of rotatable bonds is 7. The van der Waals surface area contributed by atoms with E-state index >= 15 is 0 Å². The third-order valence-electron chi connectivity index (χ3n) is 5.02. The first-order valence-corrected chi connectivity index (χ1v) is 12.1. The lowest BCUT2D eigenvalue weighted by atomic mass is 10.3. The van der Waals surface area contributed by atoms with Crippen molar-refractivity contribution in [2.24, 2.45) is 0 Å². The largest absolute Gasteiger partial charge is 0.497 e. The Morgan fingerprint density at radius 1 is 1.23 bits per heavy atom. The lowest BCUT2D eigenvalue weighted by Crippen LogP contribution is -2.30. The number of anilines is 1. The number of amides is 1. The van der Waals surface area contributed by atoms with Crippen molar-refractivity contribution < 1.29 is 22.4 Å². The summed E-state index contributed by atoms with van der Waals surface area (Å²) in [6.07, 6.45) is 1.92. The van der Waals surface area contributed by atoms with Gasteiger partial charge in [-0.15, -0.1) is 21.5 Å². The van der Waals surface area contributed by atoms with Gasteiger partial charge in [-0.2, -0.15) is 0 Å². The molecule has 1 aliphatic rings. The molecule has 0 aliphatic carbocycles. The van der Waals surface area contributed by atoms with Crippen LogP contribution >= 0.6 is 11.3 Å². The maximum absolute atomic E-state index is 13.2. The molecule has 1 saturated heterocycles. The lowest BCUT2D eigenvalue weighted by Gasteiger charge is -2.22. The van der Waals surface area contributed by atoms with E-state index in [1.807, 2.05) is 0 Å². The quantitative estimate of drug-likeness (QED) is 0.530. The molecule has 1 aliphatic heterocycles. The highest BCUT2D eigenvalue weighted by Crippen LogP contribution is 2.32. The zero-order chi connectivity index (χ0) is 22.0. The summed E-state index contributed by atoms with van der Waals surface area (Å²) in [6.45, 7) is 3.38. The molecule has 31 heavy (non-hydrogen) atoms. The average molecular weight is 463 g/mol. The number of nitrogens with zero attached hydrogens (tertiary/aromatic N) is 4. The molecule has 3 aromatic rings. The van der Waals surface area contributed by atoms with Gasteiger partial charge < -0.3 is 14.1 Å². The number of hydrogen-bond acceptors (Lipinski definition) is 8. The van der Waals surface area contributed by atoms with Crippen LogP contribution in [0.2, 0.25) is 0 Å². The first-order chi connectivity index (χ1) is 14.9. The zero-order valence-corrected chi connectivity index (χ0v) is 18.8. The summed E-state index contributed by atoms with van der Waals surface area (Å²) >= 11 is 1.06. The highest BCUT2D eigenvalue weighted by atomic mass is 32.2. The van der Waals surface area contributed by atoms with Gasteiger partial charge in [0.1, 0.15) is 9.96 Å².